The lowest BCUT2D eigenvalue weighted by atomic mass is 9.92. The van der Waals surface area contributed by atoms with Gasteiger partial charge in [0.25, 0.3) is 0 Å². The third-order valence-electron chi connectivity index (χ3n) is 4.86. The van der Waals surface area contributed by atoms with Gasteiger partial charge in [0.15, 0.2) is 23.0 Å². The van der Waals surface area contributed by atoms with Crippen molar-refractivity contribution in [2.75, 3.05) is 27.6 Å². The van der Waals surface area contributed by atoms with Crippen LogP contribution in [0.1, 0.15) is 30.1 Å². The van der Waals surface area contributed by atoms with Gasteiger partial charge in [-0.3, -0.25) is 0 Å². The van der Waals surface area contributed by atoms with Crippen LogP contribution in [0.2, 0.25) is 0 Å². The summed E-state index contributed by atoms with van der Waals surface area (Å²) in [7, 11) is 3.24. The van der Waals surface area contributed by atoms with E-state index in [0.717, 1.165) is 16.9 Å². The molecule has 142 valence electrons. The maximum Gasteiger partial charge on any atom is 0.231 e. The van der Waals surface area contributed by atoms with Gasteiger partial charge in [-0.05, 0) is 18.2 Å². The van der Waals surface area contributed by atoms with Crippen LogP contribution in [0, 0.1) is 0 Å². The first kappa shape index (κ1) is 17.4. The number of hydrogen-bond acceptors (Lipinski definition) is 6. The van der Waals surface area contributed by atoms with E-state index in [0.29, 0.717) is 35.4 Å². The number of hydrogen-bond donors (Lipinski definition) is 0. The predicted octanol–water partition coefficient (Wildman–Crippen LogP) is 4.23. The Kier molecular flexibility index (Phi) is 4.48. The normalized spacial score (nSPS) is 19.2. The number of ether oxygens (including phenoxy) is 6. The second kappa shape index (κ2) is 6.95. The molecule has 0 saturated heterocycles. The Morgan fingerprint density at radius 1 is 1.04 bits per heavy atom. The highest BCUT2D eigenvalue weighted by Gasteiger charge is 2.35. The Hall–Kier alpha value is -3.02. The largest absolute Gasteiger partial charge is 0.493 e. The summed E-state index contributed by atoms with van der Waals surface area (Å²) in [6.45, 7) is 6.39. The van der Waals surface area contributed by atoms with E-state index in [1.54, 1.807) is 20.3 Å². The lowest BCUT2D eigenvalue weighted by Gasteiger charge is -2.17. The third kappa shape index (κ3) is 2.91. The van der Waals surface area contributed by atoms with Crippen LogP contribution in [0.25, 0.3) is 0 Å². The molecule has 2 unspecified atom stereocenters. The molecule has 0 aromatic heterocycles. The van der Waals surface area contributed by atoms with Gasteiger partial charge in [-0.1, -0.05) is 19.6 Å². The third-order valence-corrected chi connectivity index (χ3v) is 4.86. The van der Waals surface area contributed by atoms with Crippen molar-refractivity contribution in [1.82, 2.24) is 0 Å². The van der Waals surface area contributed by atoms with Crippen LogP contribution in [0.15, 0.2) is 36.9 Å². The van der Waals surface area contributed by atoms with Crippen molar-refractivity contribution < 1.29 is 28.4 Å². The minimum atomic E-state index is -0.178. The molecule has 2 aromatic carbocycles. The summed E-state index contributed by atoms with van der Waals surface area (Å²) in [6.07, 6.45) is 1.51. The molecule has 0 N–H and O–H groups in total. The van der Waals surface area contributed by atoms with E-state index in [1.165, 1.54) is 0 Å². The van der Waals surface area contributed by atoms with Crippen LogP contribution in [-0.4, -0.2) is 27.6 Å². The predicted molar refractivity (Wildman–Crippen MR) is 99.6 cm³/mol. The van der Waals surface area contributed by atoms with Gasteiger partial charge in [0.05, 0.1) is 14.2 Å². The molecular weight excluding hydrogens is 348 g/mol. The van der Waals surface area contributed by atoms with Crippen molar-refractivity contribution in [2.45, 2.75) is 18.9 Å². The van der Waals surface area contributed by atoms with Gasteiger partial charge in [-0.2, -0.15) is 0 Å². The molecule has 4 rings (SSSR count). The topological polar surface area (TPSA) is 55.4 Å². The molecule has 0 amide bonds. The highest BCUT2D eigenvalue weighted by molar-refractivity contribution is 5.58. The summed E-state index contributed by atoms with van der Waals surface area (Å²) in [6, 6.07) is 7.73. The second-order valence-corrected chi connectivity index (χ2v) is 6.42. The Balaban J connectivity index is 1.69. The number of benzene rings is 2. The monoisotopic (exact) mass is 370 g/mol. The molecule has 6 heteroatoms. The Morgan fingerprint density at radius 2 is 1.85 bits per heavy atom. The number of fused-ring (bicyclic) bond motifs is 2. The van der Waals surface area contributed by atoms with Gasteiger partial charge >= 0.3 is 0 Å². The van der Waals surface area contributed by atoms with Gasteiger partial charge in [-0.15, -0.1) is 0 Å². The van der Waals surface area contributed by atoms with Crippen molar-refractivity contribution >= 4 is 0 Å². The first-order chi connectivity index (χ1) is 13.2. The van der Waals surface area contributed by atoms with Crippen molar-refractivity contribution in [2.24, 2.45) is 0 Å². The van der Waals surface area contributed by atoms with Crippen LogP contribution in [0.3, 0.4) is 0 Å². The van der Waals surface area contributed by atoms with Gasteiger partial charge < -0.3 is 28.4 Å². The zero-order valence-electron chi connectivity index (χ0n) is 15.6. The molecule has 0 saturated carbocycles. The van der Waals surface area contributed by atoms with Crippen LogP contribution < -0.4 is 28.4 Å². The van der Waals surface area contributed by atoms with Gasteiger partial charge in [0.2, 0.25) is 12.5 Å². The van der Waals surface area contributed by atoms with Crippen molar-refractivity contribution in [1.29, 1.82) is 0 Å². The molecule has 0 bridgehead atoms. The van der Waals surface area contributed by atoms with E-state index >= 15 is 0 Å². The highest BCUT2D eigenvalue weighted by atomic mass is 16.7. The Bertz CT molecular complexity index is 875. The molecule has 6 nitrogen and oxygen atoms in total. The van der Waals surface area contributed by atoms with Crippen molar-refractivity contribution in [3.05, 3.63) is 48.0 Å². The molecule has 0 radical (unpaired) electrons. The summed E-state index contributed by atoms with van der Waals surface area (Å²) < 4.78 is 33.9. The average Bonchev–Trinajstić information content (AvgIpc) is 3.29. The summed E-state index contributed by atoms with van der Waals surface area (Å²) in [4.78, 5) is 0. The smallest absolute Gasteiger partial charge is 0.231 e. The first-order valence-corrected chi connectivity index (χ1v) is 8.76. The standard InChI is InChI=1S/C21H22O6/c1-5-6-24-17-10-15-14(9-16(17)22-3)12(2)20(27-15)13-7-18(23-4)21-19(8-13)25-11-26-21/h5,7-10,12,20H,1,6,11H2,2-4H3. The second-order valence-electron chi connectivity index (χ2n) is 6.42. The summed E-state index contributed by atoms with van der Waals surface area (Å²) >= 11 is 0. The van der Waals surface area contributed by atoms with Gasteiger partial charge in [0.1, 0.15) is 18.5 Å². The van der Waals surface area contributed by atoms with Gasteiger partial charge in [0, 0.05) is 23.1 Å². The zero-order valence-corrected chi connectivity index (χ0v) is 15.6. The van der Waals surface area contributed by atoms with Crippen LogP contribution in [-0.2, 0) is 0 Å². The number of rotatable bonds is 6. The minimum Gasteiger partial charge on any atom is -0.493 e. The average molecular weight is 370 g/mol. The minimum absolute atomic E-state index is 0.118. The molecule has 2 aliphatic heterocycles. The summed E-state index contributed by atoms with van der Waals surface area (Å²) in [5.74, 6) is 4.15. The molecule has 0 spiro atoms. The Labute approximate surface area is 158 Å². The van der Waals surface area contributed by atoms with E-state index < -0.39 is 0 Å². The fourth-order valence-electron chi connectivity index (χ4n) is 3.51. The van der Waals surface area contributed by atoms with E-state index in [2.05, 4.69) is 13.5 Å². The molecule has 2 aliphatic rings. The van der Waals surface area contributed by atoms with E-state index in [-0.39, 0.29) is 18.8 Å². The molecule has 2 atom stereocenters. The fraction of sp³-hybridized carbons (Fsp3) is 0.333. The maximum absolute atomic E-state index is 6.27. The lowest BCUT2D eigenvalue weighted by molar-refractivity contribution is 0.171. The maximum atomic E-state index is 6.27. The molecule has 27 heavy (non-hydrogen) atoms. The number of methoxy groups -OCH3 is 2. The van der Waals surface area contributed by atoms with Crippen LogP contribution in [0.5, 0.6) is 34.5 Å². The highest BCUT2D eigenvalue weighted by Crippen LogP contribution is 2.52. The van der Waals surface area contributed by atoms with Crippen molar-refractivity contribution in [3.63, 3.8) is 0 Å². The summed E-state index contributed by atoms with van der Waals surface area (Å²) in [5.41, 5.74) is 2.03. The van der Waals surface area contributed by atoms with E-state index in [4.69, 9.17) is 28.4 Å². The van der Waals surface area contributed by atoms with E-state index in [1.807, 2.05) is 24.3 Å². The van der Waals surface area contributed by atoms with Crippen LogP contribution in [0.4, 0.5) is 0 Å². The molecule has 2 aromatic rings. The lowest BCUT2D eigenvalue weighted by Crippen LogP contribution is -2.07. The SMILES string of the molecule is C=CCOc1cc2c(cc1OC)C(C)C(c1cc(OC)c3c(c1)OCO3)O2. The molecular formula is C21H22O6. The summed E-state index contributed by atoms with van der Waals surface area (Å²) in [5, 5.41) is 0. The Morgan fingerprint density at radius 3 is 2.59 bits per heavy atom. The van der Waals surface area contributed by atoms with Crippen LogP contribution >= 0.6 is 0 Å². The van der Waals surface area contributed by atoms with Crippen molar-refractivity contribution in [3.8, 4) is 34.5 Å². The van der Waals surface area contributed by atoms with Gasteiger partial charge in [-0.25, -0.2) is 0 Å². The quantitative estimate of drug-likeness (QED) is 0.709. The molecule has 0 fully saturated rings. The fourth-order valence-corrected chi connectivity index (χ4v) is 3.51. The first-order valence-electron chi connectivity index (χ1n) is 8.76. The van der Waals surface area contributed by atoms with E-state index in [9.17, 15) is 0 Å². The zero-order chi connectivity index (χ0) is 19.0. The molecule has 2 heterocycles. The molecule has 0 aliphatic carbocycles.